The van der Waals surface area contributed by atoms with E-state index in [2.05, 4.69) is 0 Å². The summed E-state index contributed by atoms with van der Waals surface area (Å²) in [5.41, 5.74) is 0. The van der Waals surface area contributed by atoms with Crippen LogP contribution < -0.4 is 0 Å². The number of ether oxygens (including phenoxy) is 1. The quantitative estimate of drug-likeness (QED) is 0.657. The second-order valence-corrected chi connectivity index (χ2v) is 8.48. The van der Waals surface area contributed by atoms with Gasteiger partial charge in [-0.05, 0) is 0 Å². The molecule has 84 valence electrons. The average molecular weight is 242 g/mol. The maximum atomic E-state index is 11.5. The monoisotopic (exact) mass is 242 g/mol. The van der Waals surface area contributed by atoms with Crippen molar-refractivity contribution in [2.24, 2.45) is 0 Å². The van der Waals surface area contributed by atoms with Crippen LogP contribution in [0.3, 0.4) is 0 Å². The molecule has 0 amide bonds. The minimum Gasteiger partial charge on any atom is -0.381 e. The van der Waals surface area contributed by atoms with Gasteiger partial charge in [0.25, 0.3) is 0 Å². The van der Waals surface area contributed by atoms with Crippen molar-refractivity contribution in [1.82, 2.24) is 0 Å². The van der Waals surface area contributed by atoms with E-state index in [9.17, 15) is 16.8 Å². The van der Waals surface area contributed by atoms with E-state index in [1.807, 2.05) is 0 Å². The third-order valence-corrected chi connectivity index (χ3v) is 7.94. The summed E-state index contributed by atoms with van der Waals surface area (Å²) in [5.74, 6) is 0. The summed E-state index contributed by atoms with van der Waals surface area (Å²) in [6, 6.07) is 0. The molecule has 0 aromatic carbocycles. The number of sulfone groups is 2. The number of hydrogen-bond acceptors (Lipinski definition) is 5. The van der Waals surface area contributed by atoms with Crippen LogP contribution in [-0.2, 0) is 24.4 Å². The van der Waals surface area contributed by atoms with E-state index < -0.39 is 23.8 Å². The Morgan fingerprint density at radius 1 is 0.929 bits per heavy atom. The van der Waals surface area contributed by atoms with Gasteiger partial charge in [-0.1, -0.05) is 0 Å². The molecule has 1 saturated heterocycles. The molecule has 0 bridgehead atoms. The summed E-state index contributed by atoms with van der Waals surface area (Å²) < 4.78 is 49.4. The lowest BCUT2D eigenvalue weighted by atomic mass is 10.2. The van der Waals surface area contributed by atoms with Crippen LogP contribution >= 0.6 is 0 Å². The minimum absolute atomic E-state index is 0.0324. The van der Waals surface area contributed by atoms with Crippen LogP contribution in [0.25, 0.3) is 0 Å². The highest BCUT2D eigenvalue weighted by Gasteiger charge is 2.51. The van der Waals surface area contributed by atoms with Gasteiger partial charge in [0, 0.05) is 38.6 Å². The van der Waals surface area contributed by atoms with Crippen LogP contribution in [0.1, 0.15) is 12.8 Å². The first kappa shape index (κ1) is 11.9. The Morgan fingerprint density at radius 3 is 1.50 bits per heavy atom. The van der Waals surface area contributed by atoms with Crippen molar-refractivity contribution in [2.45, 2.75) is 16.9 Å². The normalized spacial score (nSPS) is 23.3. The van der Waals surface area contributed by atoms with Crippen LogP contribution in [0.15, 0.2) is 0 Å². The Labute approximate surface area is 84.3 Å². The van der Waals surface area contributed by atoms with Crippen LogP contribution in [0.5, 0.6) is 0 Å². The molecular weight excluding hydrogens is 228 g/mol. The molecule has 0 unspecified atom stereocenters. The van der Waals surface area contributed by atoms with E-state index in [1.165, 1.54) is 0 Å². The molecular formula is C7H14O5S2. The molecule has 1 heterocycles. The maximum Gasteiger partial charge on any atom is 0.177 e. The molecule has 14 heavy (non-hydrogen) atoms. The molecule has 0 atom stereocenters. The molecule has 0 aromatic rings. The van der Waals surface area contributed by atoms with E-state index >= 15 is 0 Å². The third-order valence-electron chi connectivity index (χ3n) is 2.61. The Morgan fingerprint density at radius 2 is 1.29 bits per heavy atom. The van der Waals surface area contributed by atoms with Crippen LogP contribution in [0, 0.1) is 0 Å². The highest BCUT2D eigenvalue weighted by Crippen LogP contribution is 2.34. The van der Waals surface area contributed by atoms with Gasteiger partial charge in [-0.2, -0.15) is 0 Å². The maximum absolute atomic E-state index is 11.5. The molecule has 1 aliphatic heterocycles. The van der Waals surface area contributed by atoms with Gasteiger partial charge < -0.3 is 4.74 Å². The SMILES string of the molecule is CS(=O)(=O)C1(S(C)(=O)=O)CCOCC1. The van der Waals surface area contributed by atoms with Crippen LogP contribution in [0.4, 0.5) is 0 Å². The van der Waals surface area contributed by atoms with Gasteiger partial charge in [-0.25, -0.2) is 16.8 Å². The fourth-order valence-corrected chi connectivity index (χ4v) is 5.72. The van der Waals surface area contributed by atoms with Gasteiger partial charge in [0.1, 0.15) is 0 Å². The topological polar surface area (TPSA) is 77.5 Å². The molecule has 5 nitrogen and oxygen atoms in total. The lowest BCUT2D eigenvalue weighted by Gasteiger charge is -2.33. The van der Waals surface area contributed by atoms with Crippen molar-refractivity contribution in [1.29, 1.82) is 0 Å². The molecule has 0 radical (unpaired) electrons. The summed E-state index contributed by atoms with van der Waals surface area (Å²) >= 11 is 0. The zero-order chi connectivity index (χ0) is 11.0. The fraction of sp³-hybridized carbons (Fsp3) is 1.00. The third kappa shape index (κ3) is 1.80. The zero-order valence-corrected chi connectivity index (χ0v) is 9.82. The van der Waals surface area contributed by atoms with Crippen molar-refractivity contribution >= 4 is 19.7 Å². The minimum atomic E-state index is -3.61. The van der Waals surface area contributed by atoms with Crippen molar-refractivity contribution in [3.63, 3.8) is 0 Å². The molecule has 0 aromatic heterocycles. The lowest BCUT2D eigenvalue weighted by molar-refractivity contribution is 0.0910. The molecule has 0 N–H and O–H groups in total. The summed E-state index contributed by atoms with van der Waals surface area (Å²) in [6.45, 7) is 0.361. The second kappa shape index (κ2) is 3.46. The standard InChI is InChI=1S/C7H14O5S2/c1-13(8,9)7(14(2,10)11)3-5-12-6-4-7/h3-6H2,1-2H3. The van der Waals surface area contributed by atoms with Crippen molar-refractivity contribution < 1.29 is 21.6 Å². The van der Waals surface area contributed by atoms with Gasteiger partial charge in [0.05, 0.1) is 0 Å². The Kier molecular flexibility index (Phi) is 2.95. The zero-order valence-electron chi connectivity index (χ0n) is 8.19. The van der Waals surface area contributed by atoms with Crippen LogP contribution in [0.2, 0.25) is 0 Å². The molecule has 0 spiro atoms. The summed E-state index contributed by atoms with van der Waals surface area (Å²) in [5, 5.41) is 0. The average Bonchev–Trinajstić information content (AvgIpc) is 2.02. The summed E-state index contributed by atoms with van der Waals surface area (Å²) in [7, 11) is -7.23. The first-order valence-electron chi connectivity index (χ1n) is 4.18. The highest BCUT2D eigenvalue weighted by molar-refractivity contribution is 8.09. The highest BCUT2D eigenvalue weighted by atomic mass is 32.3. The van der Waals surface area contributed by atoms with Crippen molar-refractivity contribution in [3.05, 3.63) is 0 Å². The molecule has 1 fully saturated rings. The van der Waals surface area contributed by atoms with E-state index in [0.29, 0.717) is 0 Å². The summed E-state index contributed by atoms with van der Waals surface area (Å²) in [4.78, 5) is 0. The number of rotatable bonds is 2. The Balaban J connectivity index is 3.30. The predicted octanol–water partition coefficient (Wildman–Crippen LogP) is -0.418. The largest absolute Gasteiger partial charge is 0.381 e. The smallest absolute Gasteiger partial charge is 0.177 e. The van der Waals surface area contributed by atoms with Gasteiger partial charge in [-0.15, -0.1) is 0 Å². The molecule has 1 rings (SSSR count). The molecule has 0 aliphatic carbocycles. The molecule has 1 aliphatic rings. The van der Waals surface area contributed by atoms with E-state index in [1.54, 1.807) is 0 Å². The second-order valence-electron chi connectivity index (χ2n) is 3.57. The van der Waals surface area contributed by atoms with E-state index in [0.717, 1.165) is 12.5 Å². The Bertz CT molecular complexity index is 365. The lowest BCUT2D eigenvalue weighted by Crippen LogP contribution is -2.49. The van der Waals surface area contributed by atoms with Gasteiger partial charge in [-0.3, -0.25) is 0 Å². The van der Waals surface area contributed by atoms with Crippen molar-refractivity contribution in [3.8, 4) is 0 Å². The summed E-state index contributed by atoms with van der Waals surface area (Å²) in [6.07, 6.45) is 2.01. The van der Waals surface area contributed by atoms with Crippen LogP contribution in [-0.4, -0.2) is 46.6 Å². The molecule has 0 saturated carbocycles. The first-order valence-corrected chi connectivity index (χ1v) is 7.96. The van der Waals surface area contributed by atoms with Gasteiger partial charge in [0.2, 0.25) is 0 Å². The van der Waals surface area contributed by atoms with Crippen molar-refractivity contribution in [2.75, 3.05) is 25.7 Å². The Hall–Kier alpha value is -0.140. The van der Waals surface area contributed by atoms with E-state index in [4.69, 9.17) is 4.74 Å². The molecule has 7 heteroatoms. The predicted molar refractivity (Wildman–Crippen MR) is 52.5 cm³/mol. The fourth-order valence-electron chi connectivity index (χ4n) is 1.70. The first-order chi connectivity index (χ1) is 6.21. The van der Waals surface area contributed by atoms with E-state index in [-0.39, 0.29) is 26.1 Å². The number of hydrogen-bond donors (Lipinski definition) is 0. The van der Waals surface area contributed by atoms with Gasteiger partial charge >= 0.3 is 0 Å². The van der Waals surface area contributed by atoms with Gasteiger partial charge in [0.15, 0.2) is 23.8 Å².